The lowest BCUT2D eigenvalue weighted by molar-refractivity contribution is -0.0956. The zero-order valence-corrected chi connectivity index (χ0v) is 14.9. The SMILES string of the molecule is CCCCc1nc(C)c(C(=O)N2CCC(C3OCCO3)CC2)s1. The standard InChI is InChI=1S/C17H26N2O3S/c1-3-4-5-14-18-12(2)15(23-14)16(20)19-8-6-13(7-9-19)17-21-10-11-22-17/h13,17H,3-11H2,1-2H3. The van der Waals surface area contributed by atoms with Crippen molar-refractivity contribution in [3.05, 3.63) is 15.6 Å². The number of hydrogen-bond donors (Lipinski definition) is 0. The van der Waals surface area contributed by atoms with E-state index in [2.05, 4.69) is 11.9 Å². The highest BCUT2D eigenvalue weighted by Crippen LogP contribution is 2.28. The third kappa shape index (κ3) is 3.92. The van der Waals surface area contributed by atoms with E-state index in [-0.39, 0.29) is 12.2 Å². The number of amides is 1. The van der Waals surface area contributed by atoms with Gasteiger partial charge in [0.1, 0.15) is 4.88 Å². The molecule has 2 aliphatic heterocycles. The minimum atomic E-state index is -0.0574. The number of nitrogens with zero attached hydrogens (tertiary/aromatic N) is 2. The van der Waals surface area contributed by atoms with Crippen molar-refractivity contribution >= 4 is 17.2 Å². The van der Waals surface area contributed by atoms with E-state index in [1.807, 2.05) is 11.8 Å². The largest absolute Gasteiger partial charge is 0.350 e. The summed E-state index contributed by atoms with van der Waals surface area (Å²) in [6, 6.07) is 0. The maximum atomic E-state index is 12.8. The maximum Gasteiger partial charge on any atom is 0.265 e. The highest BCUT2D eigenvalue weighted by molar-refractivity contribution is 7.13. The van der Waals surface area contributed by atoms with Crippen LogP contribution in [0.1, 0.15) is 53.0 Å². The Bertz CT molecular complexity index is 532. The van der Waals surface area contributed by atoms with Crippen LogP contribution < -0.4 is 0 Å². The van der Waals surface area contributed by atoms with Crippen LogP contribution in [-0.2, 0) is 15.9 Å². The number of carbonyl (C=O) groups is 1. The lowest BCUT2D eigenvalue weighted by Crippen LogP contribution is -2.41. The molecule has 5 nitrogen and oxygen atoms in total. The summed E-state index contributed by atoms with van der Waals surface area (Å²) in [7, 11) is 0. The number of aromatic nitrogens is 1. The summed E-state index contributed by atoms with van der Waals surface area (Å²) in [5, 5.41) is 1.09. The molecule has 0 atom stereocenters. The van der Waals surface area contributed by atoms with Crippen LogP contribution in [-0.4, -0.2) is 48.4 Å². The molecule has 0 aliphatic carbocycles. The summed E-state index contributed by atoms with van der Waals surface area (Å²) in [6.07, 6.45) is 5.12. The van der Waals surface area contributed by atoms with E-state index in [1.54, 1.807) is 11.3 Å². The third-order valence-corrected chi connectivity index (χ3v) is 5.84. The fourth-order valence-electron chi connectivity index (χ4n) is 3.25. The normalized spacial score (nSPS) is 20.3. The highest BCUT2D eigenvalue weighted by atomic mass is 32.1. The number of aryl methyl sites for hydroxylation is 2. The predicted octanol–water partition coefficient (Wildman–Crippen LogP) is 3.02. The van der Waals surface area contributed by atoms with Crippen LogP contribution in [0, 0.1) is 12.8 Å². The number of unbranched alkanes of at least 4 members (excludes halogenated alkanes) is 1. The van der Waals surface area contributed by atoms with E-state index in [0.29, 0.717) is 19.1 Å². The van der Waals surface area contributed by atoms with Crippen molar-refractivity contribution < 1.29 is 14.3 Å². The first-order chi connectivity index (χ1) is 11.2. The number of likely N-dealkylation sites (tertiary alicyclic amines) is 1. The average molecular weight is 338 g/mol. The summed E-state index contributed by atoms with van der Waals surface area (Å²) in [5.74, 6) is 0.568. The first-order valence-electron chi connectivity index (χ1n) is 8.67. The Balaban J connectivity index is 1.57. The predicted molar refractivity (Wildman–Crippen MR) is 89.8 cm³/mol. The van der Waals surface area contributed by atoms with Crippen molar-refractivity contribution in [2.75, 3.05) is 26.3 Å². The van der Waals surface area contributed by atoms with E-state index in [9.17, 15) is 4.79 Å². The summed E-state index contributed by atoms with van der Waals surface area (Å²) in [4.78, 5) is 20.1. The molecule has 6 heteroatoms. The molecule has 0 unspecified atom stereocenters. The van der Waals surface area contributed by atoms with Crippen LogP contribution in [0.25, 0.3) is 0 Å². The Morgan fingerprint density at radius 3 is 2.65 bits per heavy atom. The van der Waals surface area contributed by atoms with E-state index in [0.717, 1.165) is 60.8 Å². The van der Waals surface area contributed by atoms with Gasteiger partial charge in [0.25, 0.3) is 5.91 Å². The minimum Gasteiger partial charge on any atom is -0.350 e. The Kier molecular flexibility index (Phi) is 5.67. The first-order valence-corrected chi connectivity index (χ1v) is 9.49. The number of piperidine rings is 1. The maximum absolute atomic E-state index is 12.8. The molecular weight excluding hydrogens is 312 g/mol. The van der Waals surface area contributed by atoms with Gasteiger partial charge in [-0.05, 0) is 32.6 Å². The summed E-state index contributed by atoms with van der Waals surface area (Å²) in [6.45, 7) is 7.10. The number of carbonyl (C=O) groups excluding carboxylic acids is 1. The molecule has 1 amide bonds. The fraction of sp³-hybridized carbons (Fsp3) is 0.765. The van der Waals surface area contributed by atoms with Crippen LogP contribution in [0.5, 0.6) is 0 Å². The van der Waals surface area contributed by atoms with Crippen molar-refractivity contribution in [2.45, 2.75) is 52.2 Å². The second kappa shape index (κ2) is 7.73. The molecule has 128 valence electrons. The fourth-order valence-corrected chi connectivity index (χ4v) is 4.33. The van der Waals surface area contributed by atoms with Crippen LogP contribution in [0.2, 0.25) is 0 Å². The van der Waals surface area contributed by atoms with Crippen LogP contribution in [0.15, 0.2) is 0 Å². The molecular formula is C17H26N2O3S. The molecule has 2 saturated heterocycles. The number of hydrogen-bond acceptors (Lipinski definition) is 5. The Morgan fingerprint density at radius 1 is 1.30 bits per heavy atom. The van der Waals surface area contributed by atoms with Gasteiger partial charge in [-0.2, -0.15) is 0 Å². The lowest BCUT2D eigenvalue weighted by Gasteiger charge is -2.33. The highest BCUT2D eigenvalue weighted by Gasteiger charge is 2.32. The Labute approximate surface area is 142 Å². The molecule has 2 aliphatic rings. The van der Waals surface area contributed by atoms with Gasteiger partial charge in [0.05, 0.1) is 23.9 Å². The van der Waals surface area contributed by atoms with Crippen LogP contribution in [0.3, 0.4) is 0 Å². The van der Waals surface area contributed by atoms with Crippen LogP contribution >= 0.6 is 11.3 Å². The molecule has 23 heavy (non-hydrogen) atoms. The Morgan fingerprint density at radius 2 is 2.00 bits per heavy atom. The van der Waals surface area contributed by atoms with Gasteiger partial charge in [0.15, 0.2) is 6.29 Å². The molecule has 1 aromatic heterocycles. The zero-order chi connectivity index (χ0) is 16.2. The second-order valence-corrected chi connectivity index (χ2v) is 7.45. The molecule has 0 N–H and O–H groups in total. The van der Waals surface area contributed by atoms with Gasteiger partial charge in [0.2, 0.25) is 0 Å². The van der Waals surface area contributed by atoms with Gasteiger partial charge < -0.3 is 14.4 Å². The number of thiazole rings is 1. The molecule has 3 rings (SSSR count). The molecule has 0 saturated carbocycles. The summed E-state index contributed by atoms with van der Waals surface area (Å²) < 4.78 is 11.2. The second-order valence-electron chi connectivity index (χ2n) is 6.37. The van der Waals surface area contributed by atoms with E-state index < -0.39 is 0 Å². The van der Waals surface area contributed by atoms with Gasteiger partial charge in [-0.1, -0.05) is 13.3 Å². The lowest BCUT2D eigenvalue weighted by atomic mass is 9.96. The van der Waals surface area contributed by atoms with E-state index in [4.69, 9.17) is 9.47 Å². The van der Waals surface area contributed by atoms with Crippen LogP contribution in [0.4, 0.5) is 0 Å². The summed E-state index contributed by atoms with van der Waals surface area (Å²) in [5.41, 5.74) is 0.885. The van der Waals surface area contributed by atoms with Gasteiger partial charge in [-0.15, -0.1) is 11.3 Å². The van der Waals surface area contributed by atoms with Gasteiger partial charge in [0, 0.05) is 19.0 Å². The van der Waals surface area contributed by atoms with Crippen molar-refractivity contribution in [3.63, 3.8) is 0 Å². The quantitative estimate of drug-likeness (QED) is 0.828. The van der Waals surface area contributed by atoms with Crippen molar-refractivity contribution in [1.29, 1.82) is 0 Å². The van der Waals surface area contributed by atoms with Gasteiger partial charge in [-0.3, -0.25) is 4.79 Å². The molecule has 3 heterocycles. The van der Waals surface area contributed by atoms with Gasteiger partial charge in [-0.25, -0.2) is 4.98 Å². The zero-order valence-electron chi connectivity index (χ0n) is 14.0. The van der Waals surface area contributed by atoms with E-state index in [1.165, 1.54) is 0 Å². The monoisotopic (exact) mass is 338 g/mol. The summed E-state index contributed by atoms with van der Waals surface area (Å²) >= 11 is 1.58. The number of rotatable bonds is 5. The topological polar surface area (TPSA) is 51.7 Å². The molecule has 0 aromatic carbocycles. The van der Waals surface area contributed by atoms with Crippen molar-refractivity contribution in [2.24, 2.45) is 5.92 Å². The minimum absolute atomic E-state index is 0.0574. The van der Waals surface area contributed by atoms with Crippen molar-refractivity contribution in [3.8, 4) is 0 Å². The average Bonchev–Trinajstić information content (AvgIpc) is 3.22. The van der Waals surface area contributed by atoms with Gasteiger partial charge >= 0.3 is 0 Å². The molecule has 1 aromatic rings. The van der Waals surface area contributed by atoms with Crippen molar-refractivity contribution in [1.82, 2.24) is 9.88 Å². The molecule has 0 spiro atoms. The first kappa shape index (κ1) is 16.9. The molecule has 0 radical (unpaired) electrons. The molecule has 2 fully saturated rings. The molecule has 0 bridgehead atoms. The van der Waals surface area contributed by atoms with E-state index >= 15 is 0 Å². The smallest absolute Gasteiger partial charge is 0.265 e. The third-order valence-electron chi connectivity index (χ3n) is 4.64. The number of ether oxygens (including phenoxy) is 2. The Hall–Kier alpha value is -0.980.